The number of halogens is 1. The van der Waals surface area contributed by atoms with E-state index in [2.05, 4.69) is 0 Å². The molecule has 1 rings (SSSR count). The zero-order chi connectivity index (χ0) is 12.7. The van der Waals surface area contributed by atoms with Crippen molar-refractivity contribution in [3.8, 4) is 5.75 Å². The van der Waals surface area contributed by atoms with E-state index >= 15 is 0 Å². The van der Waals surface area contributed by atoms with E-state index < -0.39 is 16.8 Å². The van der Waals surface area contributed by atoms with E-state index in [1.165, 1.54) is 0 Å². The average molecular weight is 277 g/mol. The lowest BCUT2D eigenvalue weighted by Crippen LogP contribution is -2.13. The monoisotopic (exact) mass is 276 g/mol. The Balaban J connectivity index is 2.18. The molecule has 0 aliphatic carbocycles. The third-order valence-corrected chi connectivity index (χ3v) is 3.45. The fraction of sp³-hybridized carbons (Fsp3) is 0.364. The molecule has 1 N–H and O–H groups in total. The van der Waals surface area contributed by atoms with Crippen molar-refractivity contribution in [3.63, 3.8) is 0 Å². The number of rotatable bonds is 7. The van der Waals surface area contributed by atoms with Gasteiger partial charge in [0, 0.05) is 21.6 Å². The molecule has 4 nitrogen and oxygen atoms in total. The second-order valence-electron chi connectivity index (χ2n) is 3.34. The summed E-state index contributed by atoms with van der Waals surface area (Å²) in [5.41, 5.74) is 0. The number of carboxylic acid groups (broad SMARTS) is 1. The Morgan fingerprint density at radius 3 is 2.59 bits per heavy atom. The van der Waals surface area contributed by atoms with Crippen LogP contribution >= 0.6 is 11.6 Å². The molecule has 6 heteroatoms. The van der Waals surface area contributed by atoms with Gasteiger partial charge in [0.2, 0.25) is 0 Å². The van der Waals surface area contributed by atoms with Crippen LogP contribution in [0.5, 0.6) is 5.75 Å². The van der Waals surface area contributed by atoms with Crippen molar-refractivity contribution in [2.24, 2.45) is 0 Å². The van der Waals surface area contributed by atoms with E-state index in [1.54, 1.807) is 24.3 Å². The van der Waals surface area contributed by atoms with Crippen LogP contribution in [-0.2, 0) is 15.6 Å². The highest BCUT2D eigenvalue weighted by Gasteiger charge is 2.05. The molecule has 0 amide bonds. The van der Waals surface area contributed by atoms with Crippen LogP contribution in [0.2, 0.25) is 5.02 Å². The molecule has 0 heterocycles. The molecule has 0 bridgehead atoms. The minimum absolute atomic E-state index is 0.305. The number of hydrogen-bond acceptors (Lipinski definition) is 3. The normalized spacial score (nSPS) is 12.1. The first-order valence-corrected chi connectivity index (χ1v) is 6.89. The summed E-state index contributed by atoms with van der Waals surface area (Å²) < 4.78 is 16.5. The maximum absolute atomic E-state index is 11.2. The van der Waals surface area contributed by atoms with E-state index in [9.17, 15) is 9.00 Å². The van der Waals surface area contributed by atoms with Crippen molar-refractivity contribution in [1.82, 2.24) is 0 Å². The third kappa shape index (κ3) is 6.28. The van der Waals surface area contributed by atoms with Gasteiger partial charge in [-0.05, 0) is 30.7 Å². The molecular formula is C11H13ClO4S. The maximum atomic E-state index is 11.2. The quantitative estimate of drug-likeness (QED) is 0.773. The molecule has 1 aromatic rings. The van der Waals surface area contributed by atoms with Gasteiger partial charge in [-0.25, -0.2) is 0 Å². The number of carbonyl (C=O) groups is 1. The molecule has 0 fully saturated rings. The first-order valence-electron chi connectivity index (χ1n) is 5.03. The minimum atomic E-state index is -1.31. The van der Waals surface area contributed by atoms with Crippen LogP contribution in [0.4, 0.5) is 0 Å². The van der Waals surface area contributed by atoms with Gasteiger partial charge in [-0.1, -0.05) is 11.6 Å². The molecule has 0 saturated heterocycles. The number of benzene rings is 1. The van der Waals surface area contributed by atoms with Gasteiger partial charge < -0.3 is 9.84 Å². The van der Waals surface area contributed by atoms with Crippen LogP contribution in [0.25, 0.3) is 0 Å². The van der Waals surface area contributed by atoms with Crippen molar-refractivity contribution in [1.29, 1.82) is 0 Å². The topological polar surface area (TPSA) is 63.6 Å². The van der Waals surface area contributed by atoms with E-state index in [0.717, 1.165) is 0 Å². The molecule has 1 atom stereocenters. The molecule has 0 spiro atoms. The van der Waals surface area contributed by atoms with E-state index in [0.29, 0.717) is 29.6 Å². The molecule has 94 valence electrons. The zero-order valence-corrected chi connectivity index (χ0v) is 10.7. The van der Waals surface area contributed by atoms with Crippen molar-refractivity contribution < 1.29 is 18.8 Å². The van der Waals surface area contributed by atoms with Crippen molar-refractivity contribution in [2.45, 2.75) is 6.42 Å². The zero-order valence-electron chi connectivity index (χ0n) is 9.10. The molecule has 0 aliphatic rings. The molecule has 0 radical (unpaired) electrons. The highest BCUT2D eigenvalue weighted by atomic mass is 35.5. The van der Waals surface area contributed by atoms with Crippen molar-refractivity contribution in [3.05, 3.63) is 29.3 Å². The molecule has 0 aromatic heterocycles. The summed E-state index contributed by atoms with van der Waals surface area (Å²) in [6, 6.07) is 6.94. The first kappa shape index (κ1) is 14.0. The second-order valence-corrected chi connectivity index (χ2v) is 5.35. The number of ether oxygens (including phenoxy) is 1. The standard InChI is InChI=1S/C11H13ClO4S/c12-9-2-4-10(5-3-9)16-6-1-7-17(15)8-11(13)14/h2-5H,1,6-8H2,(H,13,14). The largest absolute Gasteiger partial charge is 0.494 e. The van der Waals surface area contributed by atoms with E-state index in [4.69, 9.17) is 21.4 Å². The summed E-state index contributed by atoms with van der Waals surface area (Å²) in [4.78, 5) is 10.3. The lowest BCUT2D eigenvalue weighted by atomic mass is 10.3. The Labute approximate surface area is 107 Å². The minimum Gasteiger partial charge on any atom is -0.494 e. The second kappa shape index (κ2) is 7.29. The Morgan fingerprint density at radius 2 is 2.00 bits per heavy atom. The van der Waals surface area contributed by atoms with Crippen LogP contribution in [0.1, 0.15) is 6.42 Å². The van der Waals surface area contributed by atoms with Crippen LogP contribution in [0.3, 0.4) is 0 Å². The molecular weight excluding hydrogens is 264 g/mol. The Hall–Kier alpha value is -1.07. The summed E-state index contributed by atoms with van der Waals surface area (Å²) in [7, 11) is -1.31. The van der Waals surface area contributed by atoms with Crippen LogP contribution < -0.4 is 4.74 Å². The van der Waals surface area contributed by atoms with Crippen LogP contribution in [0.15, 0.2) is 24.3 Å². The van der Waals surface area contributed by atoms with Gasteiger partial charge in [0.25, 0.3) is 0 Å². The smallest absolute Gasteiger partial charge is 0.316 e. The van der Waals surface area contributed by atoms with Crippen molar-refractivity contribution in [2.75, 3.05) is 18.1 Å². The van der Waals surface area contributed by atoms with Crippen molar-refractivity contribution >= 4 is 28.4 Å². The summed E-state index contributed by atoms with van der Waals surface area (Å²) in [5, 5.41) is 9.05. The van der Waals surface area contributed by atoms with Gasteiger partial charge in [-0.3, -0.25) is 9.00 Å². The predicted molar refractivity (Wildman–Crippen MR) is 67.1 cm³/mol. The third-order valence-electron chi connectivity index (χ3n) is 1.88. The van der Waals surface area contributed by atoms with Gasteiger partial charge in [0.15, 0.2) is 0 Å². The highest BCUT2D eigenvalue weighted by Crippen LogP contribution is 2.15. The maximum Gasteiger partial charge on any atom is 0.316 e. The van der Waals surface area contributed by atoms with Gasteiger partial charge in [0.05, 0.1) is 6.61 Å². The SMILES string of the molecule is O=C(O)CS(=O)CCCOc1ccc(Cl)cc1. The van der Waals surface area contributed by atoms with Crippen LogP contribution in [0, 0.1) is 0 Å². The van der Waals surface area contributed by atoms with E-state index in [-0.39, 0.29) is 5.75 Å². The number of aliphatic carboxylic acids is 1. The Kier molecular flexibility index (Phi) is 6.00. The Morgan fingerprint density at radius 1 is 1.35 bits per heavy atom. The van der Waals surface area contributed by atoms with Gasteiger partial charge in [-0.15, -0.1) is 0 Å². The number of carboxylic acids is 1. The van der Waals surface area contributed by atoms with Gasteiger partial charge in [-0.2, -0.15) is 0 Å². The lowest BCUT2D eigenvalue weighted by Gasteiger charge is -2.05. The summed E-state index contributed by atoms with van der Waals surface area (Å²) in [6.07, 6.45) is 0.558. The van der Waals surface area contributed by atoms with E-state index in [1.807, 2.05) is 0 Å². The predicted octanol–water partition coefficient (Wildman–Crippen LogP) is 1.94. The lowest BCUT2D eigenvalue weighted by molar-refractivity contribution is -0.133. The summed E-state index contributed by atoms with van der Waals surface area (Å²) in [5.74, 6) is -0.318. The fourth-order valence-corrected chi connectivity index (χ4v) is 2.14. The molecule has 0 aliphatic heterocycles. The van der Waals surface area contributed by atoms with Gasteiger partial charge in [0.1, 0.15) is 11.5 Å². The average Bonchev–Trinajstić information content (AvgIpc) is 2.26. The Bertz CT molecular complexity index is 391. The fourth-order valence-electron chi connectivity index (χ4n) is 1.15. The molecule has 1 unspecified atom stereocenters. The summed E-state index contributed by atoms with van der Waals surface area (Å²) >= 11 is 5.71. The highest BCUT2D eigenvalue weighted by molar-refractivity contribution is 7.85. The molecule has 0 saturated carbocycles. The molecule has 17 heavy (non-hydrogen) atoms. The summed E-state index contributed by atoms with van der Waals surface area (Å²) in [6.45, 7) is 0.410. The first-order chi connectivity index (χ1) is 8.08. The van der Waals surface area contributed by atoms with Crippen LogP contribution in [-0.4, -0.2) is 33.4 Å². The molecule has 1 aromatic carbocycles. The van der Waals surface area contributed by atoms with Gasteiger partial charge >= 0.3 is 5.97 Å². The number of hydrogen-bond donors (Lipinski definition) is 1.